The van der Waals surface area contributed by atoms with Crippen LogP contribution in [0.2, 0.25) is 0 Å². The Labute approximate surface area is 117 Å². The van der Waals surface area contributed by atoms with Gasteiger partial charge in [0, 0.05) is 37.1 Å². The van der Waals surface area contributed by atoms with Crippen molar-refractivity contribution in [2.75, 3.05) is 19.0 Å². The van der Waals surface area contributed by atoms with Gasteiger partial charge in [-0.05, 0) is 23.6 Å². The summed E-state index contributed by atoms with van der Waals surface area (Å²) in [7, 11) is 1.67. The molecule has 0 fully saturated rings. The molecule has 0 bridgehead atoms. The highest BCUT2D eigenvalue weighted by Gasteiger charge is 2.03. The van der Waals surface area contributed by atoms with Gasteiger partial charge in [-0.25, -0.2) is 9.97 Å². The minimum absolute atomic E-state index is 0.791. The lowest BCUT2D eigenvalue weighted by molar-refractivity contribution is 0.415. The number of fused-ring (bicyclic) bond motifs is 1. The number of ether oxygens (including phenoxy) is 1. The van der Waals surface area contributed by atoms with Gasteiger partial charge in [-0.1, -0.05) is 6.07 Å². The lowest BCUT2D eigenvalue weighted by Gasteiger charge is -2.10. The Kier molecular flexibility index (Phi) is 3.50. The Hall–Kier alpha value is -2.56. The number of methoxy groups -OCH3 is 1. The lowest BCUT2D eigenvalue weighted by atomic mass is 10.1. The Morgan fingerprint density at radius 2 is 2.20 bits per heavy atom. The Morgan fingerprint density at radius 1 is 1.25 bits per heavy atom. The van der Waals surface area contributed by atoms with Gasteiger partial charge in [-0.3, -0.25) is 0 Å². The van der Waals surface area contributed by atoms with Crippen molar-refractivity contribution in [2.45, 2.75) is 6.54 Å². The van der Waals surface area contributed by atoms with E-state index in [0.29, 0.717) is 0 Å². The first-order valence-electron chi connectivity index (χ1n) is 6.49. The molecule has 0 saturated carbocycles. The van der Waals surface area contributed by atoms with E-state index in [0.717, 1.165) is 35.4 Å². The number of benzene rings is 1. The van der Waals surface area contributed by atoms with E-state index in [1.165, 1.54) is 0 Å². The average molecular weight is 268 g/mol. The number of aromatic nitrogens is 3. The number of anilines is 1. The average Bonchev–Trinajstić information content (AvgIpc) is 3.00. The molecule has 0 aliphatic rings. The maximum Gasteiger partial charge on any atom is 0.134 e. The topological polar surface area (TPSA) is 52.0 Å². The van der Waals surface area contributed by atoms with Gasteiger partial charge in [0.05, 0.1) is 13.4 Å². The first kappa shape index (κ1) is 12.5. The highest BCUT2D eigenvalue weighted by atomic mass is 16.5. The fourth-order valence-electron chi connectivity index (χ4n) is 2.14. The normalized spacial score (nSPS) is 10.7. The summed E-state index contributed by atoms with van der Waals surface area (Å²) in [5.41, 5.74) is 0. The lowest BCUT2D eigenvalue weighted by Crippen LogP contribution is -2.10. The summed E-state index contributed by atoms with van der Waals surface area (Å²) in [6.45, 7) is 1.64. The maximum atomic E-state index is 5.27. The molecular formula is C15H16N4O. The van der Waals surface area contributed by atoms with Gasteiger partial charge in [-0.2, -0.15) is 0 Å². The van der Waals surface area contributed by atoms with Gasteiger partial charge in [0.25, 0.3) is 0 Å². The van der Waals surface area contributed by atoms with Crippen molar-refractivity contribution in [1.82, 2.24) is 14.5 Å². The molecule has 0 aliphatic carbocycles. The molecule has 0 amide bonds. The van der Waals surface area contributed by atoms with E-state index in [2.05, 4.69) is 15.3 Å². The number of hydrogen-bond acceptors (Lipinski definition) is 4. The van der Waals surface area contributed by atoms with Gasteiger partial charge in [-0.15, -0.1) is 0 Å². The van der Waals surface area contributed by atoms with Gasteiger partial charge >= 0.3 is 0 Å². The summed E-state index contributed by atoms with van der Waals surface area (Å²) in [6.07, 6.45) is 7.35. The highest BCUT2D eigenvalue weighted by Crippen LogP contribution is 2.25. The van der Waals surface area contributed by atoms with Crippen LogP contribution < -0.4 is 10.1 Å². The highest BCUT2D eigenvalue weighted by molar-refractivity contribution is 5.92. The molecule has 0 radical (unpaired) electrons. The molecular weight excluding hydrogens is 252 g/mol. The van der Waals surface area contributed by atoms with Gasteiger partial charge in [0.1, 0.15) is 11.6 Å². The number of imidazole rings is 1. The predicted octanol–water partition coefficient (Wildman–Crippen LogP) is 2.55. The zero-order valence-electron chi connectivity index (χ0n) is 11.3. The van der Waals surface area contributed by atoms with Crippen LogP contribution in [-0.2, 0) is 6.54 Å². The molecule has 5 heteroatoms. The van der Waals surface area contributed by atoms with E-state index in [-0.39, 0.29) is 0 Å². The molecule has 102 valence electrons. The van der Waals surface area contributed by atoms with E-state index in [9.17, 15) is 0 Å². The summed E-state index contributed by atoms with van der Waals surface area (Å²) >= 11 is 0. The molecule has 2 aromatic heterocycles. The standard InChI is InChI=1S/C15H16N4O/c1-20-13-3-2-12-4-5-17-15(14(12)10-13)18-7-9-19-8-6-16-11-19/h2-6,8,10-11H,7,9H2,1H3,(H,17,18). The molecule has 20 heavy (non-hydrogen) atoms. The predicted molar refractivity (Wildman–Crippen MR) is 79.0 cm³/mol. The second-order valence-corrected chi connectivity index (χ2v) is 4.47. The molecule has 3 rings (SSSR count). The molecule has 0 aliphatic heterocycles. The van der Waals surface area contributed by atoms with Crippen molar-refractivity contribution in [1.29, 1.82) is 0 Å². The fourth-order valence-corrected chi connectivity index (χ4v) is 2.14. The monoisotopic (exact) mass is 268 g/mol. The van der Waals surface area contributed by atoms with Crippen LogP contribution in [0.25, 0.3) is 10.8 Å². The summed E-state index contributed by atoms with van der Waals surface area (Å²) in [4.78, 5) is 8.43. The molecule has 3 aromatic rings. The molecule has 0 atom stereocenters. The summed E-state index contributed by atoms with van der Waals surface area (Å²) in [6, 6.07) is 7.99. The summed E-state index contributed by atoms with van der Waals surface area (Å²) in [5, 5.41) is 5.57. The first-order chi connectivity index (χ1) is 9.86. The third-order valence-corrected chi connectivity index (χ3v) is 3.19. The zero-order chi connectivity index (χ0) is 13.8. The number of nitrogens with one attached hydrogen (secondary N) is 1. The van der Waals surface area contributed by atoms with Crippen LogP contribution in [0, 0.1) is 0 Å². The van der Waals surface area contributed by atoms with Crippen molar-refractivity contribution in [3.8, 4) is 5.75 Å². The fraction of sp³-hybridized carbons (Fsp3) is 0.200. The number of hydrogen-bond donors (Lipinski definition) is 1. The number of pyridine rings is 1. The SMILES string of the molecule is COc1ccc2ccnc(NCCn3ccnc3)c2c1. The van der Waals surface area contributed by atoms with E-state index in [1.807, 2.05) is 41.2 Å². The third kappa shape index (κ3) is 2.56. The van der Waals surface area contributed by atoms with Gasteiger partial charge in [0.15, 0.2) is 0 Å². The first-order valence-corrected chi connectivity index (χ1v) is 6.49. The van der Waals surface area contributed by atoms with Crippen molar-refractivity contribution in [3.05, 3.63) is 49.2 Å². The smallest absolute Gasteiger partial charge is 0.134 e. The Balaban J connectivity index is 1.79. The second kappa shape index (κ2) is 5.61. The molecule has 2 heterocycles. The Morgan fingerprint density at radius 3 is 3.00 bits per heavy atom. The van der Waals surface area contributed by atoms with Crippen LogP contribution in [0.1, 0.15) is 0 Å². The number of nitrogens with zero attached hydrogens (tertiary/aromatic N) is 3. The largest absolute Gasteiger partial charge is 0.497 e. The Bertz CT molecular complexity index is 694. The van der Waals surface area contributed by atoms with Crippen molar-refractivity contribution >= 4 is 16.6 Å². The van der Waals surface area contributed by atoms with E-state index >= 15 is 0 Å². The minimum Gasteiger partial charge on any atom is -0.497 e. The third-order valence-electron chi connectivity index (χ3n) is 3.19. The van der Waals surface area contributed by atoms with Gasteiger partial charge in [0.2, 0.25) is 0 Å². The molecule has 1 N–H and O–H groups in total. The van der Waals surface area contributed by atoms with Crippen molar-refractivity contribution in [2.24, 2.45) is 0 Å². The summed E-state index contributed by atoms with van der Waals surface area (Å²) < 4.78 is 7.30. The molecule has 1 aromatic carbocycles. The van der Waals surface area contributed by atoms with E-state index in [1.54, 1.807) is 19.6 Å². The number of rotatable bonds is 5. The van der Waals surface area contributed by atoms with Crippen LogP contribution in [-0.4, -0.2) is 28.2 Å². The molecule has 5 nitrogen and oxygen atoms in total. The van der Waals surface area contributed by atoms with Crippen LogP contribution in [0.4, 0.5) is 5.82 Å². The van der Waals surface area contributed by atoms with Gasteiger partial charge < -0.3 is 14.6 Å². The van der Waals surface area contributed by atoms with Crippen molar-refractivity contribution < 1.29 is 4.74 Å². The van der Waals surface area contributed by atoms with Crippen LogP contribution in [0.5, 0.6) is 5.75 Å². The second-order valence-electron chi connectivity index (χ2n) is 4.47. The van der Waals surface area contributed by atoms with Crippen LogP contribution in [0.3, 0.4) is 0 Å². The van der Waals surface area contributed by atoms with Crippen LogP contribution in [0.15, 0.2) is 49.2 Å². The zero-order valence-corrected chi connectivity index (χ0v) is 11.3. The summed E-state index contributed by atoms with van der Waals surface area (Å²) in [5.74, 6) is 1.71. The quantitative estimate of drug-likeness (QED) is 0.772. The minimum atomic E-state index is 0.791. The van der Waals surface area contributed by atoms with E-state index < -0.39 is 0 Å². The molecule has 0 unspecified atom stereocenters. The van der Waals surface area contributed by atoms with Crippen molar-refractivity contribution in [3.63, 3.8) is 0 Å². The molecule has 0 spiro atoms. The van der Waals surface area contributed by atoms with Crippen LogP contribution >= 0.6 is 0 Å². The molecule has 0 saturated heterocycles. The maximum absolute atomic E-state index is 5.27. The van der Waals surface area contributed by atoms with E-state index in [4.69, 9.17) is 4.74 Å².